The maximum atomic E-state index is 12.3. The Morgan fingerprint density at radius 2 is 1.81 bits per heavy atom. The van der Waals surface area contributed by atoms with Crippen LogP contribution in [0.15, 0.2) is 36.4 Å². The molecule has 1 N–H and O–H groups in total. The summed E-state index contributed by atoms with van der Waals surface area (Å²) in [7, 11) is 3.43. The van der Waals surface area contributed by atoms with Gasteiger partial charge in [0.05, 0.1) is 18.6 Å². The Bertz CT molecular complexity index is 803. The topological polar surface area (TPSA) is 84.7 Å². The van der Waals surface area contributed by atoms with Crippen molar-refractivity contribution < 1.29 is 14.5 Å². The smallest absolute Gasteiger partial charge is 0.293 e. The van der Waals surface area contributed by atoms with E-state index in [1.54, 1.807) is 20.1 Å². The second-order valence-electron chi connectivity index (χ2n) is 6.28. The highest BCUT2D eigenvalue weighted by Crippen LogP contribution is 2.27. The van der Waals surface area contributed by atoms with Crippen molar-refractivity contribution in [1.82, 2.24) is 4.90 Å². The van der Waals surface area contributed by atoms with Gasteiger partial charge in [0, 0.05) is 12.6 Å². The summed E-state index contributed by atoms with van der Waals surface area (Å²) in [5.41, 5.74) is 2.86. The van der Waals surface area contributed by atoms with Crippen molar-refractivity contribution >= 4 is 17.3 Å². The Balaban J connectivity index is 2.01. The first-order chi connectivity index (χ1) is 12.3. The van der Waals surface area contributed by atoms with Crippen molar-refractivity contribution in [2.24, 2.45) is 0 Å². The summed E-state index contributed by atoms with van der Waals surface area (Å²) in [4.78, 5) is 24.9. The van der Waals surface area contributed by atoms with Crippen LogP contribution < -0.4 is 10.1 Å². The Hall–Kier alpha value is -2.93. The molecule has 0 saturated carbocycles. The molecule has 0 heterocycles. The molecule has 0 aliphatic rings. The van der Waals surface area contributed by atoms with Crippen molar-refractivity contribution in [3.8, 4) is 5.75 Å². The minimum atomic E-state index is -0.483. The summed E-state index contributed by atoms with van der Waals surface area (Å²) in [6.07, 6.45) is 0. The van der Waals surface area contributed by atoms with Gasteiger partial charge in [-0.3, -0.25) is 19.8 Å². The number of methoxy groups -OCH3 is 1. The third kappa shape index (κ3) is 5.03. The zero-order valence-corrected chi connectivity index (χ0v) is 15.4. The number of benzene rings is 2. The number of ether oxygens (including phenoxy) is 1. The van der Waals surface area contributed by atoms with Gasteiger partial charge in [-0.15, -0.1) is 0 Å². The number of hydrogen-bond acceptors (Lipinski definition) is 5. The Kier molecular flexibility index (Phi) is 6.30. The second kappa shape index (κ2) is 8.44. The highest BCUT2D eigenvalue weighted by atomic mass is 16.6. The molecule has 2 aromatic rings. The third-order valence-corrected chi connectivity index (χ3v) is 4.11. The van der Waals surface area contributed by atoms with Crippen LogP contribution in [-0.4, -0.2) is 36.4 Å². The summed E-state index contributed by atoms with van der Waals surface area (Å²) in [5.74, 6) is 0.476. The summed E-state index contributed by atoms with van der Waals surface area (Å²) < 4.78 is 5.12. The first-order valence-corrected chi connectivity index (χ1v) is 8.17. The number of anilines is 1. The normalized spacial score (nSPS) is 10.7. The SMILES string of the molecule is COc1ccc(CN(C)CC(=O)Nc2cc(C)c(C)cc2[N+](=O)[O-])cc1. The Morgan fingerprint density at radius 1 is 1.19 bits per heavy atom. The zero-order chi connectivity index (χ0) is 19.3. The molecule has 138 valence electrons. The number of nitrogens with one attached hydrogen (secondary N) is 1. The maximum absolute atomic E-state index is 12.3. The van der Waals surface area contributed by atoms with E-state index in [1.807, 2.05) is 43.1 Å². The second-order valence-corrected chi connectivity index (χ2v) is 6.28. The molecule has 26 heavy (non-hydrogen) atoms. The van der Waals surface area contributed by atoms with E-state index < -0.39 is 4.92 Å². The molecule has 7 nitrogen and oxygen atoms in total. The summed E-state index contributed by atoms with van der Waals surface area (Å²) in [6.45, 7) is 4.35. The van der Waals surface area contributed by atoms with Crippen molar-refractivity contribution in [3.63, 3.8) is 0 Å². The lowest BCUT2D eigenvalue weighted by Gasteiger charge is -2.17. The van der Waals surface area contributed by atoms with Gasteiger partial charge < -0.3 is 10.1 Å². The molecule has 0 saturated heterocycles. The van der Waals surface area contributed by atoms with E-state index in [4.69, 9.17) is 4.74 Å². The molecule has 2 rings (SSSR count). The van der Waals surface area contributed by atoms with Crippen LogP contribution in [0.25, 0.3) is 0 Å². The minimum Gasteiger partial charge on any atom is -0.497 e. The van der Waals surface area contributed by atoms with E-state index in [0.717, 1.165) is 22.4 Å². The van der Waals surface area contributed by atoms with Crippen molar-refractivity contribution in [2.75, 3.05) is 26.0 Å². The largest absolute Gasteiger partial charge is 0.497 e. The lowest BCUT2D eigenvalue weighted by molar-refractivity contribution is -0.384. The summed E-state index contributed by atoms with van der Waals surface area (Å²) in [6, 6.07) is 10.7. The molecule has 7 heteroatoms. The van der Waals surface area contributed by atoms with Crippen LogP contribution in [0.1, 0.15) is 16.7 Å². The summed E-state index contributed by atoms with van der Waals surface area (Å²) >= 11 is 0. The number of hydrogen-bond donors (Lipinski definition) is 1. The molecule has 0 radical (unpaired) electrons. The fraction of sp³-hybridized carbons (Fsp3) is 0.316. The molecule has 0 atom stereocenters. The fourth-order valence-corrected chi connectivity index (χ4v) is 2.59. The molecule has 0 aliphatic heterocycles. The first kappa shape index (κ1) is 19.4. The van der Waals surface area contributed by atoms with Crippen LogP contribution in [-0.2, 0) is 11.3 Å². The molecular formula is C19H23N3O4. The number of nitro groups is 1. The van der Waals surface area contributed by atoms with Gasteiger partial charge in [-0.2, -0.15) is 0 Å². The number of rotatable bonds is 7. The molecule has 1 amide bonds. The standard InChI is InChI=1S/C19H23N3O4/c1-13-9-17(18(22(24)25)10-14(13)2)20-19(23)12-21(3)11-15-5-7-16(26-4)8-6-15/h5-10H,11-12H2,1-4H3,(H,20,23). The van der Waals surface area contributed by atoms with Crippen LogP contribution in [0.2, 0.25) is 0 Å². The van der Waals surface area contributed by atoms with Crippen LogP contribution in [0.3, 0.4) is 0 Å². The van der Waals surface area contributed by atoms with Crippen molar-refractivity contribution in [1.29, 1.82) is 0 Å². The lowest BCUT2D eigenvalue weighted by Crippen LogP contribution is -2.30. The van der Waals surface area contributed by atoms with E-state index in [2.05, 4.69) is 5.32 Å². The van der Waals surface area contributed by atoms with Crippen LogP contribution in [0, 0.1) is 24.0 Å². The highest BCUT2D eigenvalue weighted by Gasteiger charge is 2.18. The van der Waals surface area contributed by atoms with E-state index >= 15 is 0 Å². The number of carbonyl (C=O) groups excluding carboxylic acids is 1. The van der Waals surface area contributed by atoms with Crippen LogP contribution in [0.4, 0.5) is 11.4 Å². The number of amides is 1. The van der Waals surface area contributed by atoms with Gasteiger partial charge in [0.15, 0.2) is 0 Å². The van der Waals surface area contributed by atoms with Gasteiger partial charge >= 0.3 is 0 Å². The average Bonchev–Trinajstić information content (AvgIpc) is 2.58. The Labute approximate surface area is 152 Å². The Morgan fingerprint density at radius 3 is 2.38 bits per heavy atom. The maximum Gasteiger partial charge on any atom is 0.293 e. The van der Waals surface area contributed by atoms with Crippen LogP contribution in [0.5, 0.6) is 5.75 Å². The third-order valence-electron chi connectivity index (χ3n) is 4.11. The van der Waals surface area contributed by atoms with E-state index in [0.29, 0.717) is 6.54 Å². The number of nitrogens with zero attached hydrogens (tertiary/aromatic N) is 2. The molecule has 0 aliphatic carbocycles. The van der Waals surface area contributed by atoms with Gasteiger partial charge in [-0.25, -0.2) is 0 Å². The number of carbonyl (C=O) groups is 1. The fourth-order valence-electron chi connectivity index (χ4n) is 2.59. The van der Waals surface area contributed by atoms with Gasteiger partial charge in [0.2, 0.25) is 5.91 Å². The number of aryl methyl sites for hydroxylation is 2. The quantitative estimate of drug-likeness (QED) is 0.607. The molecule has 0 aromatic heterocycles. The number of likely N-dealkylation sites (N-methyl/N-ethyl adjacent to an activating group) is 1. The monoisotopic (exact) mass is 357 g/mol. The van der Waals surface area contributed by atoms with Crippen LogP contribution >= 0.6 is 0 Å². The molecule has 0 fully saturated rings. The van der Waals surface area contributed by atoms with Gasteiger partial charge in [-0.1, -0.05) is 12.1 Å². The van der Waals surface area contributed by atoms with E-state index in [1.165, 1.54) is 6.07 Å². The van der Waals surface area contributed by atoms with Crippen molar-refractivity contribution in [3.05, 3.63) is 63.2 Å². The highest BCUT2D eigenvalue weighted by molar-refractivity contribution is 5.94. The molecule has 0 spiro atoms. The van der Waals surface area contributed by atoms with E-state index in [-0.39, 0.29) is 23.8 Å². The predicted octanol–water partition coefficient (Wildman–Crippen LogP) is 3.29. The molecule has 0 unspecified atom stereocenters. The van der Waals surface area contributed by atoms with E-state index in [9.17, 15) is 14.9 Å². The van der Waals surface area contributed by atoms with Gasteiger partial charge in [0.1, 0.15) is 11.4 Å². The van der Waals surface area contributed by atoms with Gasteiger partial charge in [-0.05, 0) is 55.8 Å². The minimum absolute atomic E-state index is 0.0979. The average molecular weight is 357 g/mol. The number of nitro benzene ring substituents is 1. The molecule has 2 aromatic carbocycles. The first-order valence-electron chi connectivity index (χ1n) is 8.17. The predicted molar refractivity (Wildman–Crippen MR) is 101 cm³/mol. The molecular weight excluding hydrogens is 334 g/mol. The lowest BCUT2D eigenvalue weighted by atomic mass is 10.1. The molecule has 0 bridgehead atoms. The van der Waals surface area contributed by atoms with Crippen molar-refractivity contribution in [2.45, 2.75) is 20.4 Å². The summed E-state index contributed by atoms with van der Waals surface area (Å²) in [5, 5.41) is 13.9. The zero-order valence-electron chi connectivity index (χ0n) is 15.4. The van der Waals surface area contributed by atoms with Gasteiger partial charge in [0.25, 0.3) is 5.69 Å².